The van der Waals surface area contributed by atoms with Crippen LogP contribution in [0.5, 0.6) is 0 Å². The molecule has 9 heteroatoms. The Morgan fingerprint density at radius 3 is 2.00 bits per heavy atom. The van der Waals surface area contributed by atoms with Crippen LogP contribution < -0.4 is 0 Å². The van der Waals surface area contributed by atoms with Crippen LogP contribution in [-0.4, -0.2) is 61.5 Å². The zero-order chi connectivity index (χ0) is 17.1. The van der Waals surface area contributed by atoms with E-state index >= 15 is 0 Å². The van der Waals surface area contributed by atoms with E-state index in [2.05, 4.69) is 0 Å². The van der Waals surface area contributed by atoms with E-state index in [0.717, 1.165) is 0 Å². The summed E-state index contributed by atoms with van der Waals surface area (Å²) in [7, 11) is 0. The van der Waals surface area contributed by atoms with Crippen LogP contribution >= 0.6 is 0 Å². The molecule has 2 heterocycles. The van der Waals surface area contributed by atoms with Gasteiger partial charge < -0.3 is 28.4 Å². The summed E-state index contributed by atoms with van der Waals surface area (Å²) in [6.07, 6.45) is -5.22. The molecule has 0 aromatic heterocycles. The van der Waals surface area contributed by atoms with Gasteiger partial charge in [0, 0.05) is 20.8 Å². The zero-order valence-corrected chi connectivity index (χ0v) is 13.3. The van der Waals surface area contributed by atoms with Crippen LogP contribution in [0.2, 0.25) is 0 Å². The van der Waals surface area contributed by atoms with Gasteiger partial charge >= 0.3 is 17.9 Å². The first-order valence-electron chi connectivity index (χ1n) is 7.22. The Morgan fingerprint density at radius 1 is 0.870 bits per heavy atom. The normalized spacial score (nSPS) is 36.5. The second-order valence-corrected chi connectivity index (χ2v) is 5.30. The summed E-state index contributed by atoms with van der Waals surface area (Å²) in [4.78, 5) is 34.1. The van der Waals surface area contributed by atoms with Crippen molar-refractivity contribution in [3.63, 3.8) is 0 Å². The van der Waals surface area contributed by atoms with Gasteiger partial charge in [-0.15, -0.1) is 0 Å². The van der Waals surface area contributed by atoms with E-state index in [1.54, 1.807) is 6.92 Å². The third-order valence-electron chi connectivity index (χ3n) is 3.32. The summed E-state index contributed by atoms with van der Waals surface area (Å²) in [6.45, 7) is 5.44. The Balaban J connectivity index is 2.29. The van der Waals surface area contributed by atoms with Gasteiger partial charge in [-0.25, -0.2) is 0 Å². The fourth-order valence-corrected chi connectivity index (χ4v) is 2.57. The number of hydrogen-bond acceptors (Lipinski definition) is 9. The van der Waals surface area contributed by atoms with Crippen molar-refractivity contribution in [2.45, 2.75) is 64.7 Å². The van der Waals surface area contributed by atoms with Crippen LogP contribution in [0.15, 0.2) is 0 Å². The predicted octanol–water partition coefficient (Wildman–Crippen LogP) is -0.101. The molecule has 130 valence electrons. The van der Waals surface area contributed by atoms with E-state index in [1.165, 1.54) is 20.8 Å². The van der Waals surface area contributed by atoms with Crippen molar-refractivity contribution < 1.29 is 42.8 Å². The number of rotatable bonds is 3. The molecule has 6 atom stereocenters. The van der Waals surface area contributed by atoms with Gasteiger partial charge in [-0.3, -0.25) is 14.4 Å². The third kappa shape index (κ3) is 4.40. The number of carbonyl (C=O) groups is 3. The Labute approximate surface area is 133 Å². The highest BCUT2D eigenvalue weighted by molar-refractivity contribution is 5.68. The van der Waals surface area contributed by atoms with Gasteiger partial charge in [0.2, 0.25) is 12.4 Å². The van der Waals surface area contributed by atoms with Crippen LogP contribution in [0, 0.1) is 0 Å². The molecule has 2 unspecified atom stereocenters. The minimum Gasteiger partial charge on any atom is -0.455 e. The highest BCUT2D eigenvalue weighted by atomic mass is 16.8. The van der Waals surface area contributed by atoms with Crippen molar-refractivity contribution in [1.29, 1.82) is 0 Å². The van der Waals surface area contributed by atoms with Gasteiger partial charge in [0.1, 0.15) is 12.2 Å². The molecule has 0 saturated carbocycles. The molecule has 0 aliphatic carbocycles. The van der Waals surface area contributed by atoms with E-state index in [4.69, 9.17) is 28.4 Å². The monoisotopic (exact) mass is 332 g/mol. The van der Waals surface area contributed by atoms with Crippen LogP contribution in [-0.2, 0) is 42.8 Å². The summed E-state index contributed by atoms with van der Waals surface area (Å²) in [5.41, 5.74) is 0. The summed E-state index contributed by atoms with van der Waals surface area (Å²) < 4.78 is 32.0. The molecule has 0 N–H and O–H groups in total. The molecular formula is C14H20O9. The molecule has 0 bridgehead atoms. The number of esters is 3. The third-order valence-corrected chi connectivity index (χ3v) is 3.32. The lowest BCUT2D eigenvalue weighted by Crippen LogP contribution is -2.65. The van der Waals surface area contributed by atoms with E-state index in [0.29, 0.717) is 0 Å². The minimum atomic E-state index is -1.22. The van der Waals surface area contributed by atoms with E-state index in [9.17, 15) is 14.4 Å². The Hall–Kier alpha value is -1.71. The molecule has 2 fully saturated rings. The highest BCUT2D eigenvalue weighted by Gasteiger charge is 2.54. The number of ether oxygens (including phenoxy) is 6. The second kappa shape index (κ2) is 7.24. The molecule has 0 aromatic carbocycles. The Bertz CT molecular complexity index is 477. The fourth-order valence-electron chi connectivity index (χ4n) is 2.57. The fraction of sp³-hybridized carbons (Fsp3) is 0.786. The largest absolute Gasteiger partial charge is 0.455 e. The average molecular weight is 332 g/mol. The Morgan fingerprint density at radius 2 is 1.43 bits per heavy atom. The van der Waals surface area contributed by atoms with Gasteiger partial charge in [0.15, 0.2) is 12.4 Å². The van der Waals surface area contributed by atoms with Crippen molar-refractivity contribution in [3.8, 4) is 0 Å². The number of carbonyl (C=O) groups excluding carboxylic acids is 3. The smallest absolute Gasteiger partial charge is 0.305 e. The van der Waals surface area contributed by atoms with Gasteiger partial charge in [0.05, 0.1) is 6.61 Å². The van der Waals surface area contributed by atoms with Crippen molar-refractivity contribution in [3.05, 3.63) is 0 Å². The first-order valence-corrected chi connectivity index (χ1v) is 7.22. The SMILES string of the molecule is CC(=O)OC1O[C@@H]2COC(C)O[C@H]2[C@H](OC(C)=O)[C@H]1OC(C)=O. The quantitative estimate of drug-likeness (QED) is 0.517. The van der Waals surface area contributed by atoms with Gasteiger partial charge in [-0.2, -0.15) is 0 Å². The van der Waals surface area contributed by atoms with Crippen molar-refractivity contribution in [2.75, 3.05) is 6.61 Å². The van der Waals surface area contributed by atoms with E-state index < -0.39 is 54.9 Å². The van der Waals surface area contributed by atoms with Crippen molar-refractivity contribution in [1.82, 2.24) is 0 Å². The molecule has 0 radical (unpaired) electrons. The molecular weight excluding hydrogens is 312 g/mol. The summed E-state index contributed by atoms with van der Waals surface area (Å²) in [5, 5.41) is 0. The molecule has 23 heavy (non-hydrogen) atoms. The lowest BCUT2D eigenvalue weighted by molar-refractivity contribution is -0.351. The summed E-state index contributed by atoms with van der Waals surface area (Å²) in [5.74, 6) is -1.85. The second-order valence-electron chi connectivity index (χ2n) is 5.30. The molecule has 2 aliphatic rings. The summed E-state index contributed by atoms with van der Waals surface area (Å²) >= 11 is 0. The maximum atomic E-state index is 11.4. The van der Waals surface area contributed by atoms with Crippen LogP contribution in [0.4, 0.5) is 0 Å². The number of fused-ring (bicyclic) bond motifs is 1. The molecule has 0 aromatic rings. The predicted molar refractivity (Wildman–Crippen MR) is 71.8 cm³/mol. The maximum Gasteiger partial charge on any atom is 0.305 e. The molecule has 2 aliphatic heterocycles. The van der Waals surface area contributed by atoms with Gasteiger partial charge in [-0.1, -0.05) is 0 Å². The standard InChI is InChI=1S/C14H20O9/c1-6(15)19-12-11-10(5-18-9(4)22-11)23-14(21-8(3)17)13(12)20-7(2)16/h9-14H,5H2,1-4H3/t9?,10-,11-,12+,13-,14?/m1/s1. The topological polar surface area (TPSA) is 107 Å². The first-order chi connectivity index (χ1) is 10.8. The molecule has 2 saturated heterocycles. The van der Waals surface area contributed by atoms with Crippen LogP contribution in [0.3, 0.4) is 0 Å². The minimum absolute atomic E-state index is 0.161. The van der Waals surface area contributed by atoms with E-state index in [1.807, 2.05) is 0 Å². The first kappa shape index (κ1) is 17.6. The molecule has 9 nitrogen and oxygen atoms in total. The molecule has 0 amide bonds. The molecule has 2 rings (SSSR count). The van der Waals surface area contributed by atoms with Gasteiger partial charge in [-0.05, 0) is 6.92 Å². The van der Waals surface area contributed by atoms with Crippen molar-refractivity contribution >= 4 is 17.9 Å². The lowest BCUT2D eigenvalue weighted by atomic mass is 9.97. The zero-order valence-electron chi connectivity index (χ0n) is 13.3. The molecule has 0 spiro atoms. The Kier molecular flexibility index (Phi) is 5.55. The van der Waals surface area contributed by atoms with E-state index in [-0.39, 0.29) is 6.61 Å². The van der Waals surface area contributed by atoms with Gasteiger partial charge in [0.25, 0.3) is 0 Å². The highest BCUT2D eigenvalue weighted by Crippen LogP contribution is 2.32. The van der Waals surface area contributed by atoms with Crippen LogP contribution in [0.25, 0.3) is 0 Å². The average Bonchev–Trinajstić information content (AvgIpc) is 2.41. The number of hydrogen-bond donors (Lipinski definition) is 0. The van der Waals surface area contributed by atoms with Crippen molar-refractivity contribution in [2.24, 2.45) is 0 Å². The van der Waals surface area contributed by atoms with Crippen LogP contribution in [0.1, 0.15) is 27.7 Å². The maximum absolute atomic E-state index is 11.4. The lowest BCUT2D eigenvalue weighted by Gasteiger charge is -2.47. The summed E-state index contributed by atoms with van der Waals surface area (Å²) in [6, 6.07) is 0.